The molecule has 0 saturated carbocycles. The molecule has 0 aliphatic rings. The van der Waals surface area contributed by atoms with Crippen LogP contribution < -0.4 is 10.6 Å². The van der Waals surface area contributed by atoms with Crippen LogP contribution in [0.25, 0.3) is 0 Å². The lowest BCUT2D eigenvalue weighted by molar-refractivity contribution is 0.262. The topological polar surface area (TPSA) is 41.1 Å². The summed E-state index contributed by atoms with van der Waals surface area (Å²) in [5.74, 6) is -0.466. The summed E-state index contributed by atoms with van der Waals surface area (Å²) in [6.45, 7) is 1.87. The average molecular weight is 313 g/mol. The molecule has 104 valence electrons. The Morgan fingerprint density at radius 1 is 1.05 bits per heavy atom. The number of rotatable bonds is 2. The number of carbonyl (C=O) groups is 1. The summed E-state index contributed by atoms with van der Waals surface area (Å²) in [6.07, 6.45) is 0. The van der Waals surface area contributed by atoms with Gasteiger partial charge in [-0.15, -0.1) is 0 Å². The number of anilines is 2. The summed E-state index contributed by atoms with van der Waals surface area (Å²) in [5.41, 5.74) is 1.79. The van der Waals surface area contributed by atoms with E-state index in [1.165, 1.54) is 12.1 Å². The average Bonchev–Trinajstić information content (AvgIpc) is 2.37. The van der Waals surface area contributed by atoms with Crippen LogP contribution in [-0.4, -0.2) is 6.03 Å². The fraction of sp³-hybridized carbons (Fsp3) is 0.0714. The second kappa shape index (κ2) is 6.11. The van der Waals surface area contributed by atoms with Crippen LogP contribution in [-0.2, 0) is 0 Å². The maximum atomic E-state index is 12.9. The Labute approximate surface area is 125 Å². The van der Waals surface area contributed by atoms with Crippen LogP contribution >= 0.6 is 23.2 Å². The molecule has 0 aliphatic heterocycles. The summed E-state index contributed by atoms with van der Waals surface area (Å²) >= 11 is 11.8. The van der Waals surface area contributed by atoms with E-state index in [0.717, 1.165) is 11.6 Å². The van der Waals surface area contributed by atoms with Gasteiger partial charge in [-0.1, -0.05) is 29.3 Å². The zero-order chi connectivity index (χ0) is 14.7. The molecule has 2 rings (SSSR count). The molecule has 2 aromatic carbocycles. The van der Waals surface area contributed by atoms with Crippen molar-refractivity contribution in [2.24, 2.45) is 0 Å². The zero-order valence-electron chi connectivity index (χ0n) is 10.5. The molecule has 20 heavy (non-hydrogen) atoms. The van der Waals surface area contributed by atoms with Crippen molar-refractivity contribution in [3.05, 3.63) is 57.8 Å². The fourth-order valence-electron chi connectivity index (χ4n) is 1.55. The van der Waals surface area contributed by atoms with Gasteiger partial charge in [0.25, 0.3) is 0 Å². The molecule has 0 unspecified atom stereocenters. The van der Waals surface area contributed by atoms with E-state index < -0.39 is 11.8 Å². The normalized spacial score (nSPS) is 10.2. The number of urea groups is 1. The van der Waals surface area contributed by atoms with E-state index in [9.17, 15) is 9.18 Å². The van der Waals surface area contributed by atoms with Gasteiger partial charge in [0.2, 0.25) is 0 Å². The highest BCUT2D eigenvalue weighted by Crippen LogP contribution is 2.23. The van der Waals surface area contributed by atoms with Crippen LogP contribution in [0.1, 0.15) is 5.56 Å². The lowest BCUT2D eigenvalue weighted by atomic mass is 10.2. The van der Waals surface area contributed by atoms with E-state index in [-0.39, 0.29) is 5.02 Å². The van der Waals surface area contributed by atoms with Gasteiger partial charge in [0.1, 0.15) is 5.82 Å². The molecule has 0 heterocycles. The van der Waals surface area contributed by atoms with Gasteiger partial charge in [0.05, 0.1) is 10.7 Å². The van der Waals surface area contributed by atoms with Gasteiger partial charge in [-0.3, -0.25) is 0 Å². The smallest absolute Gasteiger partial charge is 0.308 e. The Morgan fingerprint density at radius 2 is 1.80 bits per heavy atom. The van der Waals surface area contributed by atoms with Gasteiger partial charge in [-0.2, -0.15) is 0 Å². The molecule has 0 fully saturated rings. The highest BCUT2D eigenvalue weighted by atomic mass is 35.5. The molecule has 0 spiro atoms. The molecule has 2 aromatic rings. The number of amides is 2. The quantitative estimate of drug-likeness (QED) is 0.797. The van der Waals surface area contributed by atoms with Crippen molar-refractivity contribution in [3.8, 4) is 0 Å². The van der Waals surface area contributed by atoms with Crippen LogP contribution in [0.2, 0.25) is 10.0 Å². The van der Waals surface area contributed by atoms with Crippen molar-refractivity contribution in [1.82, 2.24) is 0 Å². The Hall–Kier alpha value is -1.78. The number of hydrogen-bond acceptors (Lipinski definition) is 1. The largest absolute Gasteiger partial charge is 0.323 e. The van der Waals surface area contributed by atoms with Gasteiger partial charge in [-0.25, -0.2) is 9.18 Å². The first-order valence-corrected chi connectivity index (χ1v) is 6.50. The number of aryl methyl sites for hydroxylation is 1. The fourth-order valence-corrected chi connectivity index (χ4v) is 1.94. The standard InChI is InChI=1S/C14H11Cl2FN2O/c1-8-2-4-10(7-11(8)15)18-14(20)19-13-5-3-9(17)6-12(13)16/h2-7H,1H3,(H2,18,19,20). The first-order valence-electron chi connectivity index (χ1n) is 5.75. The number of nitrogens with one attached hydrogen (secondary N) is 2. The third kappa shape index (κ3) is 3.62. The molecule has 6 heteroatoms. The van der Waals surface area contributed by atoms with E-state index in [2.05, 4.69) is 10.6 Å². The third-order valence-corrected chi connectivity index (χ3v) is 3.33. The van der Waals surface area contributed by atoms with Crippen molar-refractivity contribution in [1.29, 1.82) is 0 Å². The second-order valence-corrected chi connectivity index (χ2v) is 4.98. The Bertz CT molecular complexity index is 662. The molecule has 3 nitrogen and oxygen atoms in total. The van der Waals surface area contributed by atoms with Crippen molar-refractivity contribution >= 4 is 40.6 Å². The van der Waals surface area contributed by atoms with Gasteiger partial charge < -0.3 is 10.6 Å². The summed E-state index contributed by atoms with van der Waals surface area (Å²) in [6, 6.07) is 8.40. The Balaban J connectivity index is 2.07. The molecular formula is C14H11Cl2FN2O. The zero-order valence-corrected chi connectivity index (χ0v) is 12.0. The van der Waals surface area contributed by atoms with Crippen LogP contribution in [0.5, 0.6) is 0 Å². The van der Waals surface area contributed by atoms with Crippen molar-refractivity contribution < 1.29 is 9.18 Å². The lowest BCUT2D eigenvalue weighted by Crippen LogP contribution is -2.19. The molecule has 0 aromatic heterocycles. The maximum absolute atomic E-state index is 12.9. The highest BCUT2D eigenvalue weighted by Gasteiger charge is 2.07. The summed E-state index contributed by atoms with van der Waals surface area (Å²) < 4.78 is 12.9. The van der Waals surface area contributed by atoms with Crippen molar-refractivity contribution in [2.75, 3.05) is 10.6 Å². The van der Waals surface area contributed by atoms with E-state index in [0.29, 0.717) is 16.4 Å². The lowest BCUT2D eigenvalue weighted by Gasteiger charge is -2.10. The third-order valence-electron chi connectivity index (χ3n) is 2.61. The second-order valence-electron chi connectivity index (χ2n) is 4.17. The number of hydrogen-bond donors (Lipinski definition) is 2. The summed E-state index contributed by atoms with van der Waals surface area (Å²) in [7, 11) is 0. The van der Waals surface area contributed by atoms with Crippen LogP contribution in [0, 0.1) is 12.7 Å². The van der Waals surface area contributed by atoms with Gasteiger partial charge >= 0.3 is 6.03 Å². The van der Waals surface area contributed by atoms with Crippen molar-refractivity contribution in [2.45, 2.75) is 6.92 Å². The molecular weight excluding hydrogens is 302 g/mol. The van der Waals surface area contributed by atoms with Gasteiger partial charge in [0, 0.05) is 10.7 Å². The molecule has 0 bridgehead atoms. The highest BCUT2D eigenvalue weighted by molar-refractivity contribution is 6.34. The van der Waals surface area contributed by atoms with Crippen LogP contribution in [0.15, 0.2) is 36.4 Å². The number of halogens is 3. The summed E-state index contributed by atoms with van der Waals surface area (Å²) in [4.78, 5) is 11.8. The first-order chi connectivity index (χ1) is 9.45. The van der Waals surface area contributed by atoms with E-state index in [1.54, 1.807) is 18.2 Å². The van der Waals surface area contributed by atoms with E-state index >= 15 is 0 Å². The molecule has 2 N–H and O–H groups in total. The molecule has 0 aliphatic carbocycles. The van der Waals surface area contributed by atoms with Gasteiger partial charge in [0.15, 0.2) is 0 Å². The predicted octanol–water partition coefficient (Wildman–Crippen LogP) is 5.08. The summed E-state index contributed by atoms with van der Waals surface area (Å²) in [5, 5.41) is 5.83. The number of benzene rings is 2. The Kier molecular flexibility index (Phi) is 4.47. The predicted molar refractivity (Wildman–Crippen MR) is 80.2 cm³/mol. The SMILES string of the molecule is Cc1ccc(NC(=O)Nc2ccc(F)cc2Cl)cc1Cl. The first kappa shape index (κ1) is 14.6. The molecule has 0 saturated heterocycles. The van der Waals surface area contributed by atoms with E-state index in [1.807, 2.05) is 6.92 Å². The minimum absolute atomic E-state index is 0.127. The Morgan fingerprint density at radius 3 is 2.45 bits per heavy atom. The monoisotopic (exact) mass is 312 g/mol. The minimum Gasteiger partial charge on any atom is -0.308 e. The maximum Gasteiger partial charge on any atom is 0.323 e. The van der Waals surface area contributed by atoms with E-state index in [4.69, 9.17) is 23.2 Å². The minimum atomic E-state index is -0.488. The van der Waals surface area contributed by atoms with Crippen LogP contribution in [0.4, 0.5) is 20.6 Å². The number of carbonyl (C=O) groups excluding carboxylic acids is 1. The molecule has 0 atom stereocenters. The molecule has 0 radical (unpaired) electrons. The van der Waals surface area contributed by atoms with Crippen molar-refractivity contribution in [3.63, 3.8) is 0 Å². The van der Waals surface area contributed by atoms with Crippen LogP contribution in [0.3, 0.4) is 0 Å². The molecule has 2 amide bonds. The van der Waals surface area contributed by atoms with Gasteiger partial charge in [-0.05, 0) is 42.8 Å².